The Bertz CT molecular complexity index is 3.25. The standard InChI is InChI=1S/Bi.3H2O.3H/h;3*1H2;;;. The van der Waals surface area contributed by atoms with Crippen LogP contribution in [-0.2, 0) is 0 Å². The molecule has 0 aromatic heterocycles. The molecule has 0 unspecified atom stereocenters. The Morgan fingerprint density at radius 1 is 0.500 bits per heavy atom. The SMILES string of the molecule is O.O.O.[BiH3]. The van der Waals surface area contributed by atoms with Crippen LogP contribution in [-0.4, -0.2) is 42.6 Å². The summed E-state index contributed by atoms with van der Waals surface area (Å²) < 4.78 is 0. The van der Waals surface area contributed by atoms with Gasteiger partial charge < -0.3 is 16.4 Å². The Hall–Kier alpha value is 0.763. The summed E-state index contributed by atoms with van der Waals surface area (Å²) in [7, 11) is 0. The summed E-state index contributed by atoms with van der Waals surface area (Å²) in [4.78, 5) is 0. The molecule has 0 rings (SSSR count). The summed E-state index contributed by atoms with van der Waals surface area (Å²) in [6.45, 7) is 0. The average Bonchev–Trinajstić information content (AvgIpc) is 0. The van der Waals surface area contributed by atoms with E-state index in [0.717, 1.165) is 0 Å². The second-order valence-electron chi connectivity index (χ2n) is 0. The van der Waals surface area contributed by atoms with Gasteiger partial charge in [0.05, 0.1) is 0 Å². The van der Waals surface area contributed by atoms with Crippen LogP contribution in [0.5, 0.6) is 0 Å². The third-order valence-electron chi connectivity index (χ3n) is 0. The normalized spacial score (nSPS) is 0. The van der Waals surface area contributed by atoms with Crippen molar-refractivity contribution >= 4 is 26.2 Å². The van der Waals surface area contributed by atoms with Gasteiger partial charge in [0, 0.05) is 0 Å². The first-order valence-corrected chi connectivity index (χ1v) is 0. The fourth-order valence-corrected chi connectivity index (χ4v) is 0. The Morgan fingerprint density at radius 2 is 0.500 bits per heavy atom. The number of hydrogen-bond donors (Lipinski definition) is 0. The van der Waals surface area contributed by atoms with Gasteiger partial charge >= 0.3 is 26.2 Å². The van der Waals surface area contributed by atoms with Crippen LogP contribution in [0.3, 0.4) is 0 Å². The second-order valence-corrected chi connectivity index (χ2v) is 0. The second kappa shape index (κ2) is 49.3. The minimum absolute atomic E-state index is 0. The average molecular weight is 266 g/mol. The quantitative estimate of drug-likeness (QED) is 0.404. The molecule has 4 heavy (non-hydrogen) atoms. The first-order valence-electron chi connectivity index (χ1n) is 0. The molecule has 0 amide bonds. The Balaban J connectivity index is 0. The predicted molar refractivity (Wildman–Crippen MR) is 20.8 cm³/mol. The molecule has 0 aliphatic carbocycles. The van der Waals surface area contributed by atoms with Gasteiger partial charge in [-0.1, -0.05) is 0 Å². The number of hydrogen-bond acceptors (Lipinski definition) is 0. The van der Waals surface area contributed by atoms with E-state index in [0.29, 0.717) is 0 Å². The molecule has 4 heteroatoms. The fourth-order valence-electron chi connectivity index (χ4n) is 0. The molecule has 0 saturated carbocycles. The molecule has 0 bridgehead atoms. The Kier molecular flexibility index (Phi) is 1430. The Morgan fingerprint density at radius 3 is 0.500 bits per heavy atom. The molecule has 0 aromatic carbocycles. The summed E-state index contributed by atoms with van der Waals surface area (Å²) in [6, 6.07) is 0. The number of rotatable bonds is 0. The molecule has 0 aliphatic rings. The van der Waals surface area contributed by atoms with Gasteiger partial charge in [-0.2, -0.15) is 0 Å². The van der Waals surface area contributed by atoms with Gasteiger partial charge in [-0.05, 0) is 0 Å². The third kappa shape index (κ3) is 14.7. The molecule has 0 atom stereocenters. The maximum absolute atomic E-state index is 0. The molecule has 0 aromatic rings. The van der Waals surface area contributed by atoms with Gasteiger partial charge in [-0.15, -0.1) is 0 Å². The minimum atomic E-state index is 0. The Labute approximate surface area is 43.1 Å². The van der Waals surface area contributed by atoms with E-state index in [-0.39, 0.29) is 42.6 Å². The third-order valence-corrected chi connectivity index (χ3v) is 0. The van der Waals surface area contributed by atoms with E-state index < -0.39 is 0 Å². The van der Waals surface area contributed by atoms with Crippen LogP contribution in [0.25, 0.3) is 0 Å². The zero-order valence-electron chi connectivity index (χ0n) is 2.21. The van der Waals surface area contributed by atoms with Gasteiger partial charge in [-0.25, -0.2) is 0 Å². The summed E-state index contributed by atoms with van der Waals surface area (Å²) >= 11 is 0. The molecule has 0 saturated heterocycles. The van der Waals surface area contributed by atoms with E-state index >= 15 is 0 Å². The van der Waals surface area contributed by atoms with Crippen LogP contribution in [0.15, 0.2) is 0 Å². The summed E-state index contributed by atoms with van der Waals surface area (Å²) in [5.41, 5.74) is 0. The van der Waals surface area contributed by atoms with Crippen molar-refractivity contribution in [2.75, 3.05) is 0 Å². The summed E-state index contributed by atoms with van der Waals surface area (Å²) in [5.74, 6) is 0. The topological polar surface area (TPSA) is 94.5 Å². The monoisotopic (exact) mass is 266 g/mol. The zero-order chi connectivity index (χ0) is 0. The predicted octanol–water partition coefficient (Wildman–Crippen LogP) is -3.66. The van der Waals surface area contributed by atoms with Crippen LogP contribution in [0.2, 0.25) is 0 Å². The summed E-state index contributed by atoms with van der Waals surface area (Å²) in [6.07, 6.45) is 0. The van der Waals surface area contributed by atoms with E-state index in [1.165, 1.54) is 0 Å². The van der Waals surface area contributed by atoms with E-state index in [1.807, 2.05) is 0 Å². The summed E-state index contributed by atoms with van der Waals surface area (Å²) in [5, 5.41) is 0. The molecular weight excluding hydrogens is 257 g/mol. The van der Waals surface area contributed by atoms with Crippen LogP contribution >= 0.6 is 0 Å². The van der Waals surface area contributed by atoms with Crippen molar-refractivity contribution in [3.05, 3.63) is 0 Å². The fraction of sp³-hybridized carbons (Fsp3) is 0. The molecule has 3 nitrogen and oxygen atoms in total. The molecule has 6 N–H and O–H groups in total. The first-order chi connectivity index (χ1) is 0. The van der Waals surface area contributed by atoms with Crippen molar-refractivity contribution in [1.29, 1.82) is 0 Å². The maximum atomic E-state index is 0. The van der Waals surface area contributed by atoms with Gasteiger partial charge in [0.15, 0.2) is 0 Å². The van der Waals surface area contributed by atoms with Crippen molar-refractivity contribution in [2.24, 2.45) is 0 Å². The molecule has 32 valence electrons. The van der Waals surface area contributed by atoms with Crippen molar-refractivity contribution in [1.82, 2.24) is 0 Å². The van der Waals surface area contributed by atoms with E-state index in [2.05, 4.69) is 0 Å². The van der Waals surface area contributed by atoms with Crippen molar-refractivity contribution < 1.29 is 16.4 Å². The van der Waals surface area contributed by atoms with Crippen LogP contribution in [0.4, 0.5) is 0 Å². The van der Waals surface area contributed by atoms with Crippen LogP contribution in [0, 0.1) is 0 Å². The molecule has 0 aliphatic heterocycles. The zero-order valence-corrected chi connectivity index (χ0v) is 7.70. The van der Waals surface area contributed by atoms with Crippen molar-refractivity contribution in [2.45, 2.75) is 0 Å². The first kappa shape index (κ1) is 116. The van der Waals surface area contributed by atoms with Gasteiger partial charge in [0.2, 0.25) is 0 Å². The van der Waals surface area contributed by atoms with Crippen molar-refractivity contribution in [3.8, 4) is 0 Å². The molecular formula is H9BiO3. The van der Waals surface area contributed by atoms with Gasteiger partial charge in [-0.3, -0.25) is 0 Å². The van der Waals surface area contributed by atoms with E-state index in [1.54, 1.807) is 0 Å². The molecule has 0 spiro atoms. The molecule has 0 fully saturated rings. The van der Waals surface area contributed by atoms with Crippen LogP contribution in [0.1, 0.15) is 0 Å². The van der Waals surface area contributed by atoms with E-state index in [9.17, 15) is 0 Å². The van der Waals surface area contributed by atoms with Crippen molar-refractivity contribution in [3.63, 3.8) is 0 Å². The van der Waals surface area contributed by atoms with Gasteiger partial charge in [0.25, 0.3) is 0 Å². The van der Waals surface area contributed by atoms with Crippen LogP contribution < -0.4 is 0 Å². The molecule has 0 heterocycles. The van der Waals surface area contributed by atoms with Gasteiger partial charge in [0.1, 0.15) is 0 Å². The van der Waals surface area contributed by atoms with E-state index in [4.69, 9.17) is 0 Å². The molecule has 0 radical (unpaired) electrons.